The highest BCUT2D eigenvalue weighted by molar-refractivity contribution is 7.94. The number of carbonyl (C=O) groups is 2. The van der Waals surface area contributed by atoms with E-state index in [4.69, 9.17) is 4.74 Å². The molecule has 3 aliphatic rings. The highest BCUT2D eigenvalue weighted by atomic mass is 32.2. The van der Waals surface area contributed by atoms with Gasteiger partial charge in [-0.2, -0.15) is 4.31 Å². The Labute approximate surface area is 205 Å². The normalized spacial score (nSPS) is 19.7. The minimum absolute atomic E-state index is 0.0472. The van der Waals surface area contributed by atoms with E-state index in [1.54, 1.807) is 36.3 Å². The zero-order chi connectivity index (χ0) is 24.6. The van der Waals surface area contributed by atoms with Crippen LogP contribution in [0.25, 0.3) is 0 Å². The number of hydrogen-bond donors (Lipinski definition) is 0. The summed E-state index contributed by atoms with van der Waals surface area (Å²) in [5.41, 5.74) is 1.47. The van der Waals surface area contributed by atoms with E-state index in [0.717, 1.165) is 30.7 Å². The van der Waals surface area contributed by atoms with Gasteiger partial charge in [0.25, 0.3) is 0 Å². The Kier molecular flexibility index (Phi) is 6.37. The highest BCUT2D eigenvalue weighted by Crippen LogP contribution is 2.34. The maximum atomic E-state index is 13.9. The van der Waals surface area contributed by atoms with Crippen LogP contribution in [0.5, 0.6) is 5.75 Å². The van der Waals surface area contributed by atoms with Crippen molar-refractivity contribution in [2.45, 2.75) is 19.3 Å². The van der Waals surface area contributed by atoms with Gasteiger partial charge in [-0.05, 0) is 43.5 Å². The van der Waals surface area contributed by atoms with Gasteiger partial charge in [-0.15, -0.1) is 0 Å². The first-order valence-corrected chi connectivity index (χ1v) is 13.4. The number of methoxy groups -OCH3 is 1. The number of piperidine rings is 1. The lowest BCUT2D eigenvalue weighted by Gasteiger charge is -2.38. The topological polar surface area (TPSA) is 87.2 Å². The van der Waals surface area contributed by atoms with Gasteiger partial charge in [-0.1, -0.05) is 24.3 Å². The average Bonchev–Trinajstić information content (AvgIpc) is 2.91. The molecule has 0 spiro atoms. The number of piperazine rings is 1. The number of benzene rings is 2. The number of carbonyl (C=O) groups excluding carboxylic acids is 2. The van der Waals surface area contributed by atoms with E-state index in [-0.39, 0.29) is 40.6 Å². The van der Waals surface area contributed by atoms with Crippen LogP contribution in [0.1, 0.15) is 40.0 Å². The number of rotatable bonds is 5. The van der Waals surface area contributed by atoms with Crippen LogP contribution in [0.4, 0.5) is 5.69 Å². The summed E-state index contributed by atoms with van der Waals surface area (Å²) in [6.07, 6.45) is 2.75. The lowest BCUT2D eigenvalue weighted by molar-refractivity contribution is 0.0939. The van der Waals surface area contributed by atoms with Gasteiger partial charge in [-0.25, -0.2) is 8.42 Å². The molecule has 35 heavy (non-hydrogen) atoms. The summed E-state index contributed by atoms with van der Waals surface area (Å²) in [6, 6.07) is 14.1. The van der Waals surface area contributed by atoms with Crippen LogP contribution in [0.2, 0.25) is 0 Å². The number of nitrogens with zero attached hydrogens (tertiary/aromatic N) is 3. The average molecular weight is 496 g/mol. The predicted molar refractivity (Wildman–Crippen MR) is 133 cm³/mol. The molecule has 0 N–H and O–H groups in total. The molecule has 0 aromatic heterocycles. The minimum atomic E-state index is -4.17. The van der Waals surface area contributed by atoms with E-state index >= 15 is 0 Å². The van der Waals surface area contributed by atoms with E-state index < -0.39 is 15.8 Å². The summed E-state index contributed by atoms with van der Waals surface area (Å²) in [6.45, 7) is 2.57. The Morgan fingerprint density at radius 2 is 1.31 bits per heavy atom. The molecule has 0 bridgehead atoms. The van der Waals surface area contributed by atoms with Crippen molar-refractivity contribution in [3.05, 3.63) is 70.3 Å². The second kappa shape index (κ2) is 9.47. The molecule has 2 heterocycles. The van der Waals surface area contributed by atoms with Gasteiger partial charge in [0.1, 0.15) is 11.4 Å². The van der Waals surface area contributed by atoms with E-state index in [9.17, 15) is 18.0 Å². The fourth-order valence-electron chi connectivity index (χ4n) is 5.09. The lowest BCUT2D eigenvalue weighted by Crippen LogP contribution is -2.50. The first-order chi connectivity index (χ1) is 16.9. The molecule has 0 radical (unpaired) electrons. The van der Waals surface area contributed by atoms with Gasteiger partial charge in [0.15, 0.2) is 4.91 Å². The summed E-state index contributed by atoms with van der Waals surface area (Å²) in [5.74, 6) is -0.205. The number of hydrogen-bond acceptors (Lipinski definition) is 7. The summed E-state index contributed by atoms with van der Waals surface area (Å²) >= 11 is 0. The van der Waals surface area contributed by atoms with Gasteiger partial charge in [-0.3, -0.25) is 9.59 Å². The van der Waals surface area contributed by atoms with Crippen LogP contribution in [0.15, 0.2) is 59.1 Å². The largest absolute Gasteiger partial charge is 0.497 e. The van der Waals surface area contributed by atoms with Crippen molar-refractivity contribution in [3.8, 4) is 5.75 Å². The van der Waals surface area contributed by atoms with Gasteiger partial charge >= 0.3 is 0 Å². The Bertz CT molecular complexity index is 1270. The van der Waals surface area contributed by atoms with E-state index in [1.165, 1.54) is 4.31 Å². The minimum Gasteiger partial charge on any atom is -0.497 e. The maximum absolute atomic E-state index is 13.9. The second-order valence-electron chi connectivity index (χ2n) is 9.02. The third-order valence-electron chi connectivity index (χ3n) is 7.00. The fourth-order valence-corrected chi connectivity index (χ4v) is 6.81. The highest BCUT2D eigenvalue weighted by Gasteiger charge is 2.44. The van der Waals surface area contributed by atoms with E-state index in [0.29, 0.717) is 26.2 Å². The van der Waals surface area contributed by atoms with Crippen LogP contribution in [0, 0.1) is 0 Å². The Morgan fingerprint density at radius 1 is 0.714 bits per heavy atom. The first-order valence-electron chi connectivity index (χ1n) is 12.0. The van der Waals surface area contributed by atoms with Crippen molar-refractivity contribution in [2.75, 3.05) is 51.3 Å². The molecular weight excluding hydrogens is 466 g/mol. The smallest absolute Gasteiger partial charge is 0.249 e. The summed E-state index contributed by atoms with van der Waals surface area (Å²) < 4.78 is 34.4. The molecule has 0 amide bonds. The monoisotopic (exact) mass is 495 g/mol. The van der Waals surface area contributed by atoms with Crippen molar-refractivity contribution in [1.29, 1.82) is 0 Å². The molecule has 0 atom stereocenters. The van der Waals surface area contributed by atoms with Crippen molar-refractivity contribution in [3.63, 3.8) is 0 Å². The Balaban J connectivity index is 1.47. The van der Waals surface area contributed by atoms with Gasteiger partial charge in [0.2, 0.25) is 21.6 Å². The third kappa shape index (κ3) is 4.23. The van der Waals surface area contributed by atoms with Crippen LogP contribution in [0.3, 0.4) is 0 Å². The fraction of sp³-hybridized carbons (Fsp3) is 0.385. The summed E-state index contributed by atoms with van der Waals surface area (Å²) in [5, 5.41) is 0. The lowest BCUT2D eigenvalue weighted by atomic mass is 9.91. The van der Waals surface area contributed by atoms with Gasteiger partial charge < -0.3 is 14.5 Å². The number of allylic oxidation sites excluding steroid dienone is 2. The quantitative estimate of drug-likeness (QED) is 0.630. The SMILES string of the molecule is COc1ccc(N2CCN(S(=O)(=O)C3=C(N4CCCCC4)C(=O)c4ccccc4C3=O)CC2)cc1. The number of Topliss-reactive ketones (excluding diaryl/α,β-unsaturated/α-hetero) is 2. The molecule has 9 heteroatoms. The summed E-state index contributed by atoms with van der Waals surface area (Å²) in [4.78, 5) is 30.7. The molecule has 2 aromatic rings. The standard InChI is InChI=1S/C26H29N3O5S/c1-34-20-11-9-19(10-12-20)27-15-17-29(18-16-27)35(32,33)26-23(28-13-5-2-6-14-28)24(30)21-7-3-4-8-22(21)25(26)31/h3-4,7-12H,2,5-6,13-18H2,1H3. The molecule has 1 aliphatic carbocycles. The number of anilines is 1. The second-order valence-corrected chi connectivity index (χ2v) is 10.9. The van der Waals surface area contributed by atoms with Gasteiger partial charge in [0.05, 0.1) is 7.11 Å². The van der Waals surface area contributed by atoms with Crippen LogP contribution in [-0.4, -0.2) is 75.6 Å². The number of fused-ring (bicyclic) bond motifs is 1. The Hall–Kier alpha value is -3.17. The van der Waals surface area contributed by atoms with Gasteiger partial charge in [0, 0.05) is 56.1 Å². The molecule has 2 aromatic carbocycles. The molecular formula is C26H29N3O5S. The zero-order valence-electron chi connectivity index (χ0n) is 19.8. The van der Waals surface area contributed by atoms with E-state index in [1.807, 2.05) is 24.3 Å². The molecule has 2 saturated heterocycles. The van der Waals surface area contributed by atoms with Crippen LogP contribution < -0.4 is 9.64 Å². The zero-order valence-corrected chi connectivity index (χ0v) is 20.6. The molecule has 184 valence electrons. The number of likely N-dealkylation sites (tertiary alicyclic amines) is 1. The Morgan fingerprint density at radius 3 is 1.91 bits per heavy atom. The number of sulfonamides is 1. The molecule has 0 unspecified atom stereocenters. The number of ketones is 2. The molecule has 8 nitrogen and oxygen atoms in total. The summed E-state index contributed by atoms with van der Waals surface area (Å²) in [7, 11) is -2.56. The maximum Gasteiger partial charge on any atom is 0.249 e. The molecule has 2 fully saturated rings. The van der Waals surface area contributed by atoms with Crippen molar-refractivity contribution in [2.24, 2.45) is 0 Å². The predicted octanol–water partition coefficient (Wildman–Crippen LogP) is 2.92. The van der Waals surface area contributed by atoms with Crippen molar-refractivity contribution < 1.29 is 22.7 Å². The first kappa shape index (κ1) is 23.6. The molecule has 5 rings (SSSR count). The van der Waals surface area contributed by atoms with Crippen LogP contribution in [-0.2, 0) is 10.0 Å². The third-order valence-corrected chi connectivity index (χ3v) is 8.94. The molecule has 0 saturated carbocycles. The number of ether oxygens (including phenoxy) is 1. The van der Waals surface area contributed by atoms with Crippen molar-refractivity contribution in [1.82, 2.24) is 9.21 Å². The molecule has 2 aliphatic heterocycles. The van der Waals surface area contributed by atoms with E-state index in [2.05, 4.69) is 4.90 Å². The van der Waals surface area contributed by atoms with Crippen molar-refractivity contribution >= 4 is 27.3 Å². The van der Waals surface area contributed by atoms with Crippen LogP contribution >= 0.6 is 0 Å².